The second kappa shape index (κ2) is 6.86. The van der Waals surface area contributed by atoms with Crippen LogP contribution in [0.2, 0.25) is 0 Å². The quantitative estimate of drug-likeness (QED) is 0.841. The minimum atomic E-state index is -0.817. The van der Waals surface area contributed by atoms with Gasteiger partial charge in [-0.05, 0) is 20.3 Å². The molecule has 1 aliphatic rings. The van der Waals surface area contributed by atoms with E-state index in [4.69, 9.17) is 9.47 Å². The van der Waals surface area contributed by atoms with Crippen LogP contribution in [0.15, 0.2) is 24.8 Å². The van der Waals surface area contributed by atoms with Crippen molar-refractivity contribution in [2.75, 3.05) is 33.4 Å². The second-order valence-electron chi connectivity index (χ2n) is 6.68. The van der Waals surface area contributed by atoms with E-state index in [1.54, 1.807) is 33.4 Å². The average Bonchev–Trinajstić information content (AvgIpc) is 2.92. The van der Waals surface area contributed by atoms with Crippen molar-refractivity contribution in [1.29, 1.82) is 0 Å². The predicted molar refractivity (Wildman–Crippen MR) is 88.7 cm³/mol. The molecule has 0 aromatic carbocycles. The van der Waals surface area contributed by atoms with Crippen molar-refractivity contribution in [3.63, 3.8) is 0 Å². The molecule has 0 saturated carbocycles. The first kappa shape index (κ1) is 16.9. The number of hydrogen-bond acceptors (Lipinski definition) is 5. The Hall–Kier alpha value is -1.99. The lowest BCUT2D eigenvalue weighted by Crippen LogP contribution is -2.48. The van der Waals surface area contributed by atoms with Crippen molar-refractivity contribution in [3.05, 3.63) is 30.5 Å². The number of carbonyl (C=O) groups is 1. The van der Waals surface area contributed by atoms with Gasteiger partial charge in [-0.25, -0.2) is 4.98 Å². The number of methoxy groups -OCH3 is 1. The summed E-state index contributed by atoms with van der Waals surface area (Å²) in [6, 6.07) is 0. The zero-order valence-electron chi connectivity index (χ0n) is 14.4. The summed E-state index contributed by atoms with van der Waals surface area (Å²) < 4.78 is 13.0. The molecule has 0 aliphatic carbocycles. The van der Waals surface area contributed by atoms with E-state index in [2.05, 4.69) is 9.97 Å². The summed E-state index contributed by atoms with van der Waals surface area (Å²) in [6.45, 7) is 6.01. The van der Waals surface area contributed by atoms with E-state index in [9.17, 15) is 4.79 Å². The lowest BCUT2D eigenvalue weighted by Gasteiger charge is -2.31. The van der Waals surface area contributed by atoms with Crippen molar-refractivity contribution in [2.45, 2.75) is 25.9 Å². The number of amides is 1. The molecule has 0 unspecified atom stereocenters. The minimum absolute atomic E-state index is 0.00137. The first-order chi connectivity index (χ1) is 11.5. The molecule has 2 aromatic rings. The van der Waals surface area contributed by atoms with Gasteiger partial charge in [-0.3, -0.25) is 9.78 Å². The van der Waals surface area contributed by atoms with Gasteiger partial charge in [0.1, 0.15) is 5.60 Å². The number of carbonyl (C=O) groups excluding carboxylic acids is 1. The summed E-state index contributed by atoms with van der Waals surface area (Å²) in [5.74, 6) is 0.205. The molecule has 1 fully saturated rings. The maximum atomic E-state index is 12.7. The number of ether oxygens (including phenoxy) is 2. The van der Waals surface area contributed by atoms with Crippen molar-refractivity contribution in [3.8, 4) is 0 Å². The Morgan fingerprint density at radius 2 is 2.29 bits per heavy atom. The number of imidazole rings is 1. The molecule has 7 heteroatoms. The summed E-state index contributed by atoms with van der Waals surface area (Å²) in [4.78, 5) is 23.2. The first-order valence-corrected chi connectivity index (χ1v) is 8.19. The molecule has 0 bridgehead atoms. The smallest absolute Gasteiger partial charge is 0.254 e. The third kappa shape index (κ3) is 3.57. The molecular formula is C17H24N4O3. The Kier molecular flexibility index (Phi) is 4.82. The van der Waals surface area contributed by atoms with Gasteiger partial charge in [0.2, 0.25) is 0 Å². The average molecular weight is 332 g/mol. The monoisotopic (exact) mass is 332 g/mol. The second-order valence-corrected chi connectivity index (χ2v) is 6.68. The Bertz CT molecular complexity index is 713. The van der Waals surface area contributed by atoms with Crippen LogP contribution in [0, 0.1) is 5.92 Å². The van der Waals surface area contributed by atoms with Gasteiger partial charge in [0.25, 0.3) is 5.91 Å². The SMILES string of the molecule is COC(C)(C)C(=O)N1CCOC[C@@H](Cc2cn3ccnc3cn2)C1. The largest absolute Gasteiger partial charge is 0.379 e. The molecule has 7 nitrogen and oxygen atoms in total. The van der Waals surface area contributed by atoms with Crippen molar-refractivity contribution >= 4 is 11.6 Å². The van der Waals surface area contributed by atoms with Crippen LogP contribution in [0.3, 0.4) is 0 Å². The highest BCUT2D eigenvalue weighted by Gasteiger charge is 2.34. The van der Waals surface area contributed by atoms with Crippen LogP contribution in [0.25, 0.3) is 5.65 Å². The van der Waals surface area contributed by atoms with E-state index >= 15 is 0 Å². The highest BCUT2D eigenvalue weighted by molar-refractivity contribution is 5.84. The van der Waals surface area contributed by atoms with E-state index in [0.717, 1.165) is 17.8 Å². The number of aromatic nitrogens is 3. The Balaban J connectivity index is 1.71. The van der Waals surface area contributed by atoms with Crippen LogP contribution in [0.1, 0.15) is 19.5 Å². The number of fused-ring (bicyclic) bond motifs is 1. The van der Waals surface area contributed by atoms with Gasteiger partial charge in [0.15, 0.2) is 5.65 Å². The van der Waals surface area contributed by atoms with Crippen molar-refractivity contribution in [2.24, 2.45) is 5.92 Å². The Morgan fingerprint density at radius 1 is 1.46 bits per heavy atom. The molecule has 0 spiro atoms. The lowest BCUT2D eigenvalue weighted by molar-refractivity contribution is -0.151. The van der Waals surface area contributed by atoms with E-state index in [1.165, 1.54) is 0 Å². The van der Waals surface area contributed by atoms with E-state index in [1.807, 2.05) is 21.7 Å². The van der Waals surface area contributed by atoms with Crippen LogP contribution in [-0.2, 0) is 20.7 Å². The molecular weight excluding hydrogens is 308 g/mol. The summed E-state index contributed by atoms with van der Waals surface area (Å²) >= 11 is 0. The Morgan fingerprint density at radius 3 is 3.08 bits per heavy atom. The number of rotatable bonds is 4. The maximum absolute atomic E-state index is 12.7. The van der Waals surface area contributed by atoms with Crippen LogP contribution in [0.4, 0.5) is 0 Å². The van der Waals surface area contributed by atoms with Gasteiger partial charge in [0, 0.05) is 44.7 Å². The predicted octanol–water partition coefficient (Wildman–Crippen LogP) is 1.17. The van der Waals surface area contributed by atoms with Gasteiger partial charge >= 0.3 is 0 Å². The van der Waals surface area contributed by atoms with Gasteiger partial charge in [-0.15, -0.1) is 0 Å². The summed E-state index contributed by atoms with van der Waals surface area (Å²) in [5, 5.41) is 0. The van der Waals surface area contributed by atoms with Crippen LogP contribution < -0.4 is 0 Å². The molecule has 3 rings (SSSR count). The summed E-state index contributed by atoms with van der Waals surface area (Å²) in [6.07, 6.45) is 8.16. The zero-order chi connectivity index (χ0) is 17.2. The third-order valence-electron chi connectivity index (χ3n) is 4.48. The molecule has 0 N–H and O–H groups in total. The molecule has 0 radical (unpaired) electrons. The van der Waals surface area contributed by atoms with E-state index < -0.39 is 5.60 Å². The number of hydrogen-bond donors (Lipinski definition) is 0. The van der Waals surface area contributed by atoms with Crippen molar-refractivity contribution in [1.82, 2.24) is 19.3 Å². The highest BCUT2D eigenvalue weighted by Crippen LogP contribution is 2.18. The fraction of sp³-hybridized carbons (Fsp3) is 0.588. The number of nitrogens with zero attached hydrogens (tertiary/aromatic N) is 4. The molecule has 1 aliphatic heterocycles. The van der Waals surface area contributed by atoms with Crippen LogP contribution >= 0.6 is 0 Å². The molecule has 1 atom stereocenters. The summed E-state index contributed by atoms with van der Waals surface area (Å²) in [7, 11) is 1.56. The van der Waals surface area contributed by atoms with Gasteiger partial charge < -0.3 is 18.8 Å². The maximum Gasteiger partial charge on any atom is 0.254 e. The van der Waals surface area contributed by atoms with Gasteiger partial charge in [-0.2, -0.15) is 0 Å². The van der Waals surface area contributed by atoms with E-state index in [0.29, 0.717) is 26.3 Å². The van der Waals surface area contributed by atoms with Gasteiger partial charge in [0.05, 0.1) is 25.1 Å². The standard InChI is InChI=1S/C17H24N4O3/c1-17(2,23-3)16(22)21-6-7-24-12-13(10-21)8-14-11-20-5-4-18-15(20)9-19-14/h4-5,9,11,13H,6-8,10,12H2,1-3H3/t13-/m0/s1. The molecule has 1 amide bonds. The van der Waals surface area contributed by atoms with E-state index in [-0.39, 0.29) is 11.8 Å². The normalized spacial score (nSPS) is 19.5. The van der Waals surface area contributed by atoms with Crippen LogP contribution in [0.5, 0.6) is 0 Å². The molecule has 3 heterocycles. The fourth-order valence-electron chi connectivity index (χ4n) is 2.93. The highest BCUT2D eigenvalue weighted by atomic mass is 16.5. The van der Waals surface area contributed by atoms with Gasteiger partial charge in [-0.1, -0.05) is 0 Å². The van der Waals surface area contributed by atoms with Crippen LogP contribution in [-0.4, -0.2) is 64.2 Å². The molecule has 2 aromatic heterocycles. The minimum Gasteiger partial charge on any atom is -0.379 e. The zero-order valence-corrected chi connectivity index (χ0v) is 14.4. The lowest BCUT2D eigenvalue weighted by atomic mass is 10.0. The molecule has 1 saturated heterocycles. The first-order valence-electron chi connectivity index (χ1n) is 8.19. The summed E-state index contributed by atoms with van der Waals surface area (Å²) in [5.41, 5.74) is 0.979. The molecule has 24 heavy (non-hydrogen) atoms. The molecule has 130 valence electrons. The van der Waals surface area contributed by atoms with Crippen molar-refractivity contribution < 1.29 is 14.3 Å². The topological polar surface area (TPSA) is 69.0 Å². The Labute approximate surface area is 141 Å². The fourth-order valence-corrected chi connectivity index (χ4v) is 2.93. The third-order valence-corrected chi connectivity index (χ3v) is 4.48.